The Bertz CT molecular complexity index is 1360. The molecule has 2 heterocycles. The molecule has 0 unspecified atom stereocenters. The zero-order chi connectivity index (χ0) is 25.9. The molecule has 36 heavy (non-hydrogen) atoms. The third-order valence-corrected chi connectivity index (χ3v) is 6.04. The number of phenols is 6. The molecular weight excluding hydrogens is 480 g/mol. The van der Waals surface area contributed by atoms with Crippen molar-refractivity contribution >= 4 is 5.78 Å². The summed E-state index contributed by atoms with van der Waals surface area (Å²) in [6.07, 6.45) is -5.07. The summed E-state index contributed by atoms with van der Waals surface area (Å²) in [5, 5.41) is 79.3. The maximum absolute atomic E-state index is 12.7. The summed E-state index contributed by atoms with van der Waals surface area (Å²) in [5.74, 6) is -5.41. The van der Waals surface area contributed by atoms with E-state index in [0.717, 1.165) is 18.2 Å². The van der Waals surface area contributed by atoms with Gasteiger partial charge in [-0.15, -0.1) is 0 Å². The number of aromatic hydroxyl groups is 6. The Morgan fingerprint density at radius 2 is 1.31 bits per heavy atom. The molecule has 8 N–H and O–H groups in total. The number of rotatable bonds is 3. The molecule has 2 aliphatic heterocycles. The fraction of sp³-hybridized carbons (Fsp3) is 0.208. The first-order valence-corrected chi connectivity index (χ1v) is 10.6. The fourth-order valence-corrected chi connectivity index (χ4v) is 4.22. The molecule has 4 atom stereocenters. The number of aliphatic hydroxyl groups is 2. The Kier molecular flexibility index (Phi) is 5.34. The highest BCUT2D eigenvalue weighted by molar-refractivity contribution is 6.06. The Morgan fingerprint density at radius 3 is 1.97 bits per heavy atom. The Hall–Kier alpha value is -4.55. The maximum atomic E-state index is 12.7. The quantitative estimate of drug-likeness (QED) is 0.241. The molecule has 0 fully saturated rings. The molecule has 2 aliphatic rings. The SMILES string of the molecule is O=C1c2c(cc(O)c(O)c2O)O[C@H](c2ccc3c(c2)O[C@H](c2cc(O)c(O)c(O)c2)[C@@H](CO)O3)[C@H]1O. The first-order valence-electron chi connectivity index (χ1n) is 10.6. The second-order valence-electron chi connectivity index (χ2n) is 8.30. The van der Waals surface area contributed by atoms with Crippen LogP contribution in [-0.4, -0.2) is 65.5 Å². The number of ether oxygens (including phenoxy) is 3. The predicted octanol–water partition coefficient (Wildman–Crippen LogP) is 1.47. The van der Waals surface area contributed by atoms with Crippen LogP contribution in [0.15, 0.2) is 36.4 Å². The van der Waals surface area contributed by atoms with Gasteiger partial charge in [0.25, 0.3) is 0 Å². The number of fused-ring (bicyclic) bond motifs is 2. The standard InChI is InChI=1S/C24H20O12/c25-7-16-23(9-3-10(26)18(29)11(27)4-9)35-14-5-8(1-2-13(14)34-16)24-22(33)21(32)17-15(36-24)6-12(28)19(30)20(17)31/h1-6,16,22-31,33H,7H2/t16-,22+,23-,24-/m1/s1. The summed E-state index contributed by atoms with van der Waals surface area (Å²) in [6, 6.07) is 7.54. The van der Waals surface area contributed by atoms with Gasteiger partial charge in [0.2, 0.25) is 11.5 Å². The summed E-state index contributed by atoms with van der Waals surface area (Å²) >= 11 is 0. The lowest BCUT2D eigenvalue weighted by molar-refractivity contribution is -0.0131. The number of carbonyl (C=O) groups excluding carboxylic acids is 1. The van der Waals surface area contributed by atoms with Gasteiger partial charge in [-0.3, -0.25) is 4.79 Å². The smallest absolute Gasteiger partial charge is 0.203 e. The van der Waals surface area contributed by atoms with Crippen molar-refractivity contribution in [3.63, 3.8) is 0 Å². The van der Waals surface area contributed by atoms with Gasteiger partial charge in [0.1, 0.15) is 11.3 Å². The van der Waals surface area contributed by atoms with E-state index < -0.39 is 76.9 Å². The number of carbonyl (C=O) groups is 1. The zero-order valence-electron chi connectivity index (χ0n) is 18.2. The van der Waals surface area contributed by atoms with Crippen molar-refractivity contribution < 1.29 is 59.9 Å². The Balaban J connectivity index is 1.51. The van der Waals surface area contributed by atoms with Gasteiger partial charge >= 0.3 is 0 Å². The van der Waals surface area contributed by atoms with Crippen molar-refractivity contribution in [2.45, 2.75) is 24.4 Å². The molecule has 12 nitrogen and oxygen atoms in total. The summed E-state index contributed by atoms with van der Waals surface area (Å²) in [6.45, 7) is -0.496. The number of hydrogen-bond donors (Lipinski definition) is 8. The Morgan fingerprint density at radius 1 is 0.667 bits per heavy atom. The van der Waals surface area contributed by atoms with Crippen LogP contribution in [0.3, 0.4) is 0 Å². The number of ketones is 1. The summed E-state index contributed by atoms with van der Waals surface area (Å²) < 4.78 is 17.4. The predicted molar refractivity (Wildman–Crippen MR) is 118 cm³/mol. The second-order valence-corrected chi connectivity index (χ2v) is 8.30. The van der Waals surface area contributed by atoms with Crippen LogP contribution >= 0.6 is 0 Å². The van der Waals surface area contributed by atoms with Gasteiger partial charge in [-0.25, -0.2) is 0 Å². The van der Waals surface area contributed by atoms with Crippen molar-refractivity contribution in [3.8, 4) is 51.7 Å². The van der Waals surface area contributed by atoms with E-state index in [9.17, 15) is 45.6 Å². The molecule has 12 heteroatoms. The van der Waals surface area contributed by atoms with Gasteiger partial charge in [0, 0.05) is 11.6 Å². The fourth-order valence-electron chi connectivity index (χ4n) is 4.22. The van der Waals surface area contributed by atoms with E-state index >= 15 is 0 Å². The minimum absolute atomic E-state index is 0.111. The molecule has 0 aliphatic carbocycles. The van der Waals surface area contributed by atoms with Crippen molar-refractivity contribution in [1.82, 2.24) is 0 Å². The molecule has 3 aromatic carbocycles. The van der Waals surface area contributed by atoms with Crippen LogP contribution in [0.2, 0.25) is 0 Å². The lowest BCUT2D eigenvalue weighted by Gasteiger charge is -2.35. The molecule has 188 valence electrons. The number of phenolic OH excluding ortho intramolecular Hbond substituents is 6. The molecule has 0 saturated heterocycles. The van der Waals surface area contributed by atoms with Gasteiger partial charge in [-0.1, -0.05) is 6.07 Å². The average molecular weight is 500 g/mol. The van der Waals surface area contributed by atoms with Crippen LogP contribution in [0.5, 0.6) is 51.7 Å². The van der Waals surface area contributed by atoms with Crippen molar-refractivity contribution in [2.75, 3.05) is 6.61 Å². The summed E-state index contributed by atoms with van der Waals surface area (Å²) in [7, 11) is 0. The molecule has 0 radical (unpaired) electrons. The number of aliphatic hydroxyl groups excluding tert-OH is 2. The van der Waals surface area contributed by atoms with Gasteiger partial charge in [0.05, 0.1) is 6.61 Å². The normalized spacial score (nSPS) is 22.6. The lowest BCUT2D eigenvalue weighted by Crippen LogP contribution is -2.37. The summed E-state index contributed by atoms with van der Waals surface area (Å²) in [4.78, 5) is 12.7. The number of benzene rings is 3. The average Bonchev–Trinajstić information content (AvgIpc) is 2.86. The lowest BCUT2D eigenvalue weighted by atomic mass is 9.92. The first-order chi connectivity index (χ1) is 17.1. The van der Waals surface area contributed by atoms with Crippen LogP contribution in [0.25, 0.3) is 0 Å². The topological polar surface area (TPSA) is 207 Å². The van der Waals surface area contributed by atoms with E-state index in [1.165, 1.54) is 18.2 Å². The molecule has 0 spiro atoms. The van der Waals surface area contributed by atoms with Crippen LogP contribution in [0, 0.1) is 0 Å². The van der Waals surface area contributed by atoms with E-state index in [1.54, 1.807) is 0 Å². The van der Waals surface area contributed by atoms with Crippen LogP contribution in [0.4, 0.5) is 0 Å². The van der Waals surface area contributed by atoms with Crippen molar-refractivity contribution in [1.29, 1.82) is 0 Å². The minimum atomic E-state index is -1.79. The molecule has 0 amide bonds. The summed E-state index contributed by atoms with van der Waals surface area (Å²) in [5.41, 5.74) is -0.0559. The molecular formula is C24H20O12. The second kappa shape index (κ2) is 8.29. The largest absolute Gasteiger partial charge is 0.504 e. The maximum Gasteiger partial charge on any atom is 0.203 e. The van der Waals surface area contributed by atoms with E-state index in [0.29, 0.717) is 0 Å². The first kappa shape index (κ1) is 23.2. The van der Waals surface area contributed by atoms with Crippen molar-refractivity contribution in [2.24, 2.45) is 0 Å². The zero-order valence-corrected chi connectivity index (χ0v) is 18.2. The van der Waals surface area contributed by atoms with Crippen LogP contribution < -0.4 is 14.2 Å². The van der Waals surface area contributed by atoms with E-state index in [4.69, 9.17) is 14.2 Å². The third-order valence-electron chi connectivity index (χ3n) is 6.04. The van der Waals surface area contributed by atoms with E-state index in [2.05, 4.69) is 0 Å². The van der Waals surface area contributed by atoms with E-state index in [1.807, 2.05) is 0 Å². The van der Waals surface area contributed by atoms with Gasteiger partial charge in [0.15, 0.2) is 64.7 Å². The molecule has 0 aromatic heterocycles. The van der Waals surface area contributed by atoms with Gasteiger partial charge in [-0.05, 0) is 29.8 Å². The van der Waals surface area contributed by atoms with Crippen LogP contribution in [0.1, 0.15) is 33.7 Å². The third kappa shape index (κ3) is 3.51. The van der Waals surface area contributed by atoms with E-state index in [-0.39, 0.29) is 28.4 Å². The van der Waals surface area contributed by atoms with Crippen molar-refractivity contribution in [3.05, 3.63) is 53.1 Å². The number of hydrogen-bond acceptors (Lipinski definition) is 12. The molecule has 5 rings (SSSR count). The molecule has 0 saturated carbocycles. The highest BCUT2D eigenvalue weighted by Crippen LogP contribution is 2.49. The monoisotopic (exact) mass is 500 g/mol. The van der Waals surface area contributed by atoms with Gasteiger partial charge < -0.3 is 55.1 Å². The highest BCUT2D eigenvalue weighted by Gasteiger charge is 2.41. The highest BCUT2D eigenvalue weighted by atomic mass is 16.6. The number of Topliss-reactive ketones (excluding diaryl/α,β-unsaturated/α-hetero) is 1. The Labute approximate surface area is 202 Å². The minimum Gasteiger partial charge on any atom is -0.504 e. The van der Waals surface area contributed by atoms with Crippen LogP contribution in [-0.2, 0) is 0 Å². The molecule has 3 aromatic rings. The molecule has 0 bridgehead atoms. The van der Waals surface area contributed by atoms with Gasteiger partial charge in [-0.2, -0.15) is 0 Å².